The van der Waals surface area contributed by atoms with Gasteiger partial charge in [0.2, 0.25) is 0 Å². The number of aromatic nitrogens is 1. The van der Waals surface area contributed by atoms with Crippen LogP contribution in [0.2, 0.25) is 0 Å². The summed E-state index contributed by atoms with van der Waals surface area (Å²) in [5.74, 6) is 0.898. The highest BCUT2D eigenvalue weighted by molar-refractivity contribution is 5.53. The second kappa shape index (κ2) is 7.47. The largest absolute Gasteiger partial charge is 0.487 e. The zero-order valence-corrected chi connectivity index (χ0v) is 16.0. The van der Waals surface area contributed by atoms with Gasteiger partial charge < -0.3 is 9.64 Å². The molecule has 3 nitrogen and oxygen atoms in total. The molecular weight excluding hydrogens is 308 g/mol. The normalized spacial score (nSPS) is 15.3. The van der Waals surface area contributed by atoms with E-state index in [4.69, 9.17) is 4.74 Å². The number of rotatable bonds is 4. The highest BCUT2D eigenvalue weighted by Gasteiger charge is 2.15. The summed E-state index contributed by atoms with van der Waals surface area (Å²) in [6, 6.07) is 10.6. The first-order valence-corrected chi connectivity index (χ1v) is 9.37. The Labute approximate surface area is 152 Å². The smallest absolute Gasteiger partial charge is 0.130 e. The molecule has 0 N–H and O–H groups in total. The van der Waals surface area contributed by atoms with Crippen molar-refractivity contribution in [2.45, 2.75) is 59.0 Å². The molecule has 0 radical (unpaired) electrons. The van der Waals surface area contributed by atoms with Crippen LogP contribution in [0.15, 0.2) is 36.5 Å². The van der Waals surface area contributed by atoms with E-state index in [-0.39, 0.29) is 5.41 Å². The van der Waals surface area contributed by atoms with E-state index in [9.17, 15) is 0 Å². The topological polar surface area (TPSA) is 25.4 Å². The number of nitrogens with zero attached hydrogens (tertiary/aromatic N) is 2. The Bertz CT molecular complexity index is 695. The number of hydrogen-bond donors (Lipinski definition) is 0. The molecule has 1 aromatic heterocycles. The van der Waals surface area contributed by atoms with Crippen LogP contribution in [0, 0.1) is 6.92 Å². The number of hydrogen-bond acceptors (Lipinski definition) is 3. The van der Waals surface area contributed by atoms with E-state index in [1.165, 1.54) is 36.1 Å². The van der Waals surface area contributed by atoms with Crippen molar-refractivity contribution < 1.29 is 4.74 Å². The van der Waals surface area contributed by atoms with Gasteiger partial charge in [-0.1, -0.05) is 32.9 Å². The number of piperidine rings is 1. The fraction of sp³-hybridized carbons (Fsp3) is 0.500. The molecule has 0 aliphatic carbocycles. The third kappa shape index (κ3) is 4.53. The molecule has 0 bridgehead atoms. The van der Waals surface area contributed by atoms with E-state index in [2.05, 4.69) is 67.9 Å². The molecule has 1 fully saturated rings. The van der Waals surface area contributed by atoms with Crippen molar-refractivity contribution in [3.63, 3.8) is 0 Å². The van der Waals surface area contributed by atoms with Gasteiger partial charge in [-0.25, -0.2) is 0 Å². The molecule has 3 rings (SSSR count). The maximum absolute atomic E-state index is 5.96. The van der Waals surface area contributed by atoms with Crippen LogP contribution in [-0.2, 0) is 12.0 Å². The van der Waals surface area contributed by atoms with Gasteiger partial charge in [0.1, 0.15) is 12.4 Å². The predicted octanol–water partition coefficient (Wildman–Crippen LogP) is 5.26. The lowest BCUT2D eigenvalue weighted by Crippen LogP contribution is -2.30. The summed E-state index contributed by atoms with van der Waals surface area (Å²) >= 11 is 0. The molecule has 134 valence electrons. The van der Waals surface area contributed by atoms with E-state index < -0.39 is 0 Å². The average Bonchev–Trinajstić information content (AvgIpc) is 2.61. The lowest BCUT2D eigenvalue weighted by molar-refractivity contribution is 0.301. The van der Waals surface area contributed by atoms with Gasteiger partial charge in [-0.2, -0.15) is 0 Å². The summed E-state index contributed by atoms with van der Waals surface area (Å²) in [6.45, 7) is 11.6. The molecule has 25 heavy (non-hydrogen) atoms. The summed E-state index contributed by atoms with van der Waals surface area (Å²) in [6.07, 6.45) is 5.90. The van der Waals surface area contributed by atoms with Crippen molar-refractivity contribution in [3.8, 4) is 5.75 Å². The van der Waals surface area contributed by atoms with Crippen LogP contribution in [0.5, 0.6) is 5.75 Å². The molecule has 0 unspecified atom stereocenters. The molecule has 1 saturated heterocycles. The highest BCUT2D eigenvalue weighted by atomic mass is 16.5. The van der Waals surface area contributed by atoms with Gasteiger partial charge in [0.05, 0.1) is 5.69 Å². The van der Waals surface area contributed by atoms with Crippen LogP contribution in [-0.4, -0.2) is 18.1 Å². The van der Waals surface area contributed by atoms with Gasteiger partial charge in [0.25, 0.3) is 0 Å². The van der Waals surface area contributed by atoms with Crippen LogP contribution in [0.3, 0.4) is 0 Å². The van der Waals surface area contributed by atoms with Gasteiger partial charge in [0, 0.05) is 25.0 Å². The summed E-state index contributed by atoms with van der Waals surface area (Å²) in [5, 5.41) is 0. The quantitative estimate of drug-likeness (QED) is 0.760. The Balaban J connectivity index is 1.67. The van der Waals surface area contributed by atoms with Crippen molar-refractivity contribution in [1.82, 2.24) is 4.98 Å². The molecule has 1 aliphatic heterocycles. The molecule has 1 aromatic carbocycles. The molecule has 2 aromatic rings. The Hall–Kier alpha value is -2.03. The third-order valence-electron chi connectivity index (χ3n) is 4.94. The number of pyridine rings is 1. The third-order valence-corrected chi connectivity index (χ3v) is 4.94. The molecule has 0 atom stereocenters. The van der Waals surface area contributed by atoms with E-state index in [1.807, 2.05) is 6.20 Å². The van der Waals surface area contributed by atoms with E-state index in [1.54, 1.807) is 0 Å². The summed E-state index contributed by atoms with van der Waals surface area (Å²) < 4.78 is 5.96. The average molecular weight is 338 g/mol. The second-order valence-corrected chi connectivity index (χ2v) is 8.07. The van der Waals surface area contributed by atoms with Crippen LogP contribution in [0.25, 0.3) is 0 Å². The first kappa shape index (κ1) is 17.8. The molecule has 0 saturated carbocycles. The Morgan fingerprint density at radius 2 is 1.72 bits per heavy atom. The predicted molar refractivity (Wildman–Crippen MR) is 105 cm³/mol. The van der Waals surface area contributed by atoms with Crippen LogP contribution < -0.4 is 9.64 Å². The van der Waals surface area contributed by atoms with Crippen molar-refractivity contribution in [2.75, 3.05) is 18.0 Å². The summed E-state index contributed by atoms with van der Waals surface area (Å²) in [5.41, 5.74) is 5.05. The SMILES string of the molecule is Cc1cnc(COc2ccc(C(C)(C)C)cc2)cc1N1CCCCC1. The number of anilines is 1. The summed E-state index contributed by atoms with van der Waals surface area (Å²) in [7, 11) is 0. The van der Waals surface area contributed by atoms with Crippen LogP contribution >= 0.6 is 0 Å². The standard InChI is InChI=1S/C22H30N2O/c1-17-15-23-19(14-21(17)24-12-6-5-7-13-24)16-25-20-10-8-18(9-11-20)22(2,3)4/h8-11,14-15H,5-7,12-13,16H2,1-4H3. The first-order chi connectivity index (χ1) is 11.9. The fourth-order valence-electron chi connectivity index (χ4n) is 3.32. The van der Waals surface area contributed by atoms with Crippen molar-refractivity contribution in [2.24, 2.45) is 0 Å². The number of benzene rings is 1. The number of ether oxygens (including phenoxy) is 1. The maximum Gasteiger partial charge on any atom is 0.130 e. The Morgan fingerprint density at radius 3 is 2.36 bits per heavy atom. The molecule has 3 heteroatoms. The van der Waals surface area contributed by atoms with E-state index in [0.29, 0.717) is 6.61 Å². The maximum atomic E-state index is 5.96. The molecule has 1 aliphatic rings. The van der Waals surface area contributed by atoms with Crippen molar-refractivity contribution >= 4 is 5.69 Å². The minimum atomic E-state index is 0.167. The van der Waals surface area contributed by atoms with Gasteiger partial charge in [-0.3, -0.25) is 4.98 Å². The summed E-state index contributed by atoms with van der Waals surface area (Å²) in [4.78, 5) is 7.04. The lowest BCUT2D eigenvalue weighted by atomic mass is 9.87. The van der Waals surface area contributed by atoms with E-state index in [0.717, 1.165) is 24.5 Å². The highest BCUT2D eigenvalue weighted by Crippen LogP contribution is 2.26. The molecule has 0 spiro atoms. The monoisotopic (exact) mass is 338 g/mol. The van der Waals surface area contributed by atoms with Crippen molar-refractivity contribution in [3.05, 3.63) is 53.3 Å². The van der Waals surface area contributed by atoms with E-state index >= 15 is 0 Å². The van der Waals surface area contributed by atoms with Crippen LogP contribution in [0.1, 0.15) is 56.9 Å². The lowest BCUT2D eigenvalue weighted by Gasteiger charge is -2.30. The Morgan fingerprint density at radius 1 is 1.04 bits per heavy atom. The molecule has 0 amide bonds. The van der Waals surface area contributed by atoms with Gasteiger partial charge in [0.15, 0.2) is 0 Å². The minimum absolute atomic E-state index is 0.167. The zero-order chi connectivity index (χ0) is 17.9. The van der Waals surface area contributed by atoms with Gasteiger partial charge in [-0.05, 0) is 60.9 Å². The minimum Gasteiger partial charge on any atom is -0.487 e. The van der Waals surface area contributed by atoms with Gasteiger partial charge in [-0.15, -0.1) is 0 Å². The zero-order valence-electron chi connectivity index (χ0n) is 16.0. The first-order valence-electron chi connectivity index (χ1n) is 9.37. The number of aryl methyl sites for hydroxylation is 1. The van der Waals surface area contributed by atoms with Crippen molar-refractivity contribution in [1.29, 1.82) is 0 Å². The molecular formula is C22H30N2O. The van der Waals surface area contributed by atoms with Crippen LogP contribution in [0.4, 0.5) is 5.69 Å². The van der Waals surface area contributed by atoms with Gasteiger partial charge >= 0.3 is 0 Å². The second-order valence-electron chi connectivity index (χ2n) is 8.07. The fourth-order valence-corrected chi connectivity index (χ4v) is 3.32. The molecule has 2 heterocycles. The Kier molecular flexibility index (Phi) is 5.31.